The zero-order chi connectivity index (χ0) is 11.6. The molecule has 1 aromatic carbocycles. The number of ether oxygens (including phenoxy) is 1. The first-order chi connectivity index (χ1) is 6.93. The summed E-state index contributed by atoms with van der Waals surface area (Å²) in [6, 6.07) is 2.91. The van der Waals surface area contributed by atoms with Gasteiger partial charge in [0.15, 0.2) is 5.78 Å². The van der Waals surface area contributed by atoms with Crippen LogP contribution in [0.3, 0.4) is 0 Å². The highest BCUT2D eigenvalue weighted by atomic mass is 127. The minimum absolute atomic E-state index is 0.151. The van der Waals surface area contributed by atoms with Crippen molar-refractivity contribution in [1.29, 1.82) is 0 Å². The third kappa shape index (κ3) is 2.68. The van der Waals surface area contributed by atoms with Crippen LogP contribution in [0.2, 0.25) is 0 Å². The number of phenols is 1. The van der Waals surface area contributed by atoms with Crippen molar-refractivity contribution in [2.24, 2.45) is 0 Å². The molecule has 1 N–H and O–H groups in total. The zero-order valence-corrected chi connectivity index (χ0v) is 10.4. The Hall–Kier alpha value is -1.11. The molecule has 0 atom stereocenters. The van der Waals surface area contributed by atoms with Crippen LogP contribution in [0.4, 0.5) is 0 Å². The molecule has 0 fully saturated rings. The first kappa shape index (κ1) is 12.0. The van der Waals surface area contributed by atoms with Crippen molar-refractivity contribution in [3.63, 3.8) is 0 Å². The van der Waals surface area contributed by atoms with Crippen LogP contribution in [-0.2, 0) is 4.79 Å². The number of carbonyl (C=O) groups is 2. The second kappa shape index (κ2) is 4.61. The highest BCUT2D eigenvalue weighted by Crippen LogP contribution is 2.32. The molecule has 5 heteroatoms. The number of hydrogen-bond acceptors (Lipinski definition) is 4. The van der Waals surface area contributed by atoms with Crippen molar-refractivity contribution in [3.05, 3.63) is 21.3 Å². The van der Waals surface area contributed by atoms with Gasteiger partial charge in [-0.15, -0.1) is 0 Å². The molecule has 1 aromatic rings. The SMILES string of the molecule is CC(=O)Oc1ccc(C(C)=O)c(O)c1I. The van der Waals surface area contributed by atoms with Gasteiger partial charge in [0.25, 0.3) is 0 Å². The molecule has 15 heavy (non-hydrogen) atoms. The molecular weight excluding hydrogens is 311 g/mol. The molecule has 0 saturated carbocycles. The Labute approximate surface area is 100 Å². The maximum atomic E-state index is 11.1. The summed E-state index contributed by atoms with van der Waals surface area (Å²) in [5, 5.41) is 9.64. The smallest absolute Gasteiger partial charge is 0.308 e. The summed E-state index contributed by atoms with van der Waals surface area (Å²) >= 11 is 1.82. The molecule has 0 radical (unpaired) electrons. The molecule has 0 bridgehead atoms. The fraction of sp³-hybridized carbons (Fsp3) is 0.200. The molecule has 0 spiro atoms. The van der Waals surface area contributed by atoms with Gasteiger partial charge in [-0.05, 0) is 41.6 Å². The average molecular weight is 320 g/mol. The fourth-order valence-corrected chi connectivity index (χ4v) is 1.64. The van der Waals surface area contributed by atoms with E-state index in [0.29, 0.717) is 3.57 Å². The van der Waals surface area contributed by atoms with Crippen LogP contribution in [0.1, 0.15) is 24.2 Å². The van der Waals surface area contributed by atoms with Crippen molar-refractivity contribution < 1.29 is 19.4 Å². The number of phenolic OH excluding ortho intramolecular Hbond substituents is 1. The van der Waals surface area contributed by atoms with Crippen molar-refractivity contribution in [2.45, 2.75) is 13.8 Å². The predicted molar refractivity (Wildman–Crippen MR) is 62.1 cm³/mol. The van der Waals surface area contributed by atoms with E-state index in [4.69, 9.17) is 4.74 Å². The number of esters is 1. The zero-order valence-electron chi connectivity index (χ0n) is 8.20. The number of hydrogen-bond donors (Lipinski definition) is 1. The third-order valence-corrected chi connectivity index (χ3v) is 2.76. The first-order valence-electron chi connectivity index (χ1n) is 4.14. The number of halogens is 1. The highest BCUT2D eigenvalue weighted by Gasteiger charge is 2.14. The number of rotatable bonds is 2. The van der Waals surface area contributed by atoms with E-state index in [0.717, 1.165) is 0 Å². The average Bonchev–Trinajstić information content (AvgIpc) is 2.12. The lowest BCUT2D eigenvalue weighted by atomic mass is 10.1. The molecule has 80 valence electrons. The van der Waals surface area contributed by atoms with Gasteiger partial charge in [0.05, 0.1) is 9.13 Å². The van der Waals surface area contributed by atoms with Crippen molar-refractivity contribution in [2.75, 3.05) is 0 Å². The van der Waals surface area contributed by atoms with Gasteiger partial charge in [-0.2, -0.15) is 0 Å². The summed E-state index contributed by atoms with van der Waals surface area (Å²) in [5.74, 6) is -0.602. The lowest BCUT2D eigenvalue weighted by Crippen LogP contribution is -2.04. The lowest BCUT2D eigenvalue weighted by molar-refractivity contribution is -0.131. The molecule has 0 aliphatic heterocycles. The second-order valence-electron chi connectivity index (χ2n) is 2.92. The molecule has 0 aromatic heterocycles. The second-order valence-corrected chi connectivity index (χ2v) is 4.00. The van der Waals surface area contributed by atoms with Crippen LogP contribution in [0.15, 0.2) is 12.1 Å². The summed E-state index contributed by atoms with van der Waals surface area (Å²) in [7, 11) is 0. The number of ketones is 1. The molecule has 0 saturated heterocycles. The summed E-state index contributed by atoms with van der Waals surface area (Å²) in [5.41, 5.74) is 0.218. The maximum absolute atomic E-state index is 11.1. The van der Waals surface area contributed by atoms with Crippen LogP contribution in [0.5, 0.6) is 11.5 Å². The Kier molecular flexibility index (Phi) is 3.67. The quantitative estimate of drug-likeness (QED) is 0.392. The van der Waals surface area contributed by atoms with Gasteiger partial charge in [0.2, 0.25) is 0 Å². The first-order valence-corrected chi connectivity index (χ1v) is 5.22. The van der Waals surface area contributed by atoms with Crippen LogP contribution in [0.25, 0.3) is 0 Å². The van der Waals surface area contributed by atoms with Gasteiger partial charge >= 0.3 is 5.97 Å². The van der Waals surface area contributed by atoms with Crippen LogP contribution in [0, 0.1) is 3.57 Å². The standard InChI is InChI=1S/C10H9IO4/c1-5(12)7-3-4-8(15-6(2)13)9(11)10(7)14/h3-4,14H,1-2H3. The van der Waals surface area contributed by atoms with Gasteiger partial charge in [-0.25, -0.2) is 0 Å². The van der Waals surface area contributed by atoms with E-state index in [2.05, 4.69) is 0 Å². The lowest BCUT2D eigenvalue weighted by Gasteiger charge is -2.08. The maximum Gasteiger partial charge on any atom is 0.308 e. The molecule has 0 amide bonds. The van der Waals surface area contributed by atoms with E-state index in [1.54, 1.807) is 0 Å². The summed E-state index contributed by atoms with van der Waals surface area (Å²) in [4.78, 5) is 21.8. The molecule has 1 rings (SSSR count). The van der Waals surface area contributed by atoms with Crippen molar-refractivity contribution >= 4 is 34.3 Å². The van der Waals surface area contributed by atoms with Crippen LogP contribution >= 0.6 is 22.6 Å². The number of benzene rings is 1. The van der Waals surface area contributed by atoms with Gasteiger partial charge in [0, 0.05) is 6.92 Å². The number of Topliss-reactive ketones (excluding diaryl/α,β-unsaturated/α-hetero) is 1. The summed E-state index contributed by atoms with van der Waals surface area (Å²) in [6.45, 7) is 2.63. The Balaban J connectivity index is 3.21. The minimum atomic E-state index is -0.470. The number of aromatic hydroxyl groups is 1. The Morgan fingerprint density at radius 2 is 1.93 bits per heavy atom. The van der Waals surface area contributed by atoms with Gasteiger partial charge in [-0.1, -0.05) is 0 Å². The molecule has 0 aliphatic rings. The van der Waals surface area contributed by atoms with E-state index in [1.807, 2.05) is 22.6 Å². The molecule has 0 unspecified atom stereocenters. The normalized spacial score (nSPS) is 9.80. The minimum Gasteiger partial charge on any atom is -0.506 e. The fourth-order valence-electron chi connectivity index (χ4n) is 1.06. The van der Waals surface area contributed by atoms with Gasteiger partial charge in [-0.3, -0.25) is 9.59 Å². The van der Waals surface area contributed by atoms with Crippen LogP contribution < -0.4 is 4.74 Å². The van der Waals surface area contributed by atoms with E-state index in [1.165, 1.54) is 26.0 Å². The predicted octanol–water partition coefficient (Wildman–Crippen LogP) is 2.12. The summed E-state index contributed by atoms with van der Waals surface area (Å²) < 4.78 is 5.20. The largest absolute Gasteiger partial charge is 0.506 e. The van der Waals surface area contributed by atoms with Gasteiger partial charge in [0.1, 0.15) is 11.5 Å². The molecule has 0 aliphatic carbocycles. The van der Waals surface area contributed by atoms with Crippen molar-refractivity contribution in [1.82, 2.24) is 0 Å². The van der Waals surface area contributed by atoms with Crippen LogP contribution in [-0.4, -0.2) is 16.9 Å². The number of carbonyl (C=O) groups excluding carboxylic acids is 2. The Morgan fingerprint density at radius 1 is 1.33 bits per heavy atom. The van der Waals surface area contributed by atoms with E-state index >= 15 is 0 Å². The van der Waals surface area contributed by atoms with E-state index in [-0.39, 0.29) is 22.8 Å². The van der Waals surface area contributed by atoms with E-state index < -0.39 is 5.97 Å². The molecule has 4 nitrogen and oxygen atoms in total. The molecular formula is C10H9IO4. The topological polar surface area (TPSA) is 63.6 Å². The monoisotopic (exact) mass is 320 g/mol. The Morgan fingerprint density at radius 3 is 2.40 bits per heavy atom. The van der Waals surface area contributed by atoms with Crippen molar-refractivity contribution in [3.8, 4) is 11.5 Å². The molecule has 0 heterocycles. The summed E-state index contributed by atoms with van der Waals surface area (Å²) in [6.07, 6.45) is 0. The highest BCUT2D eigenvalue weighted by molar-refractivity contribution is 14.1. The van der Waals surface area contributed by atoms with Gasteiger partial charge < -0.3 is 9.84 Å². The van der Waals surface area contributed by atoms with E-state index in [9.17, 15) is 14.7 Å². The third-order valence-electron chi connectivity index (χ3n) is 1.71. The Bertz CT molecular complexity index is 426.